The number of hydrogen-bond acceptors (Lipinski definition) is 7. The molecule has 1 aliphatic carbocycles. The van der Waals surface area contributed by atoms with Gasteiger partial charge in [0.15, 0.2) is 11.5 Å². The van der Waals surface area contributed by atoms with Crippen LogP contribution in [0, 0.1) is 0 Å². The van der Waals surface area contributed by atoms with Gasteiger partial charge in [-0.2, -0.15) is 0 Å². The number of aromatic hydroxyl groups is 2. The van der Waals surface area contributed by atoms with Crippen molar-refractivity contribution >= 4 is 28.7 Å². The lowest BCUT2D eigenvalue weighted by atomic mass is 10.0. The predicted molar refractivity (Wildman–Crippen MR) is 117 cm³/mol. The number of benzene rings is 1. The van der Waals surface area contributed by atoms with E-state index in [9.17, 15) is 29.7 Å². The van der Waals surface area contributed by atoms with Crippen LogP contribution in [-0.2, 0) is 20.8 Å². The maximum Gasteiger partial charge on any atom is 0.249 e. The Balaban J connectivity index is 1.49. The number of likely N-dealkylation sites (tertiary alicyclic amines) is 1. The van der Waals surface area contributed by atoms with Crippen molar-refractivity contribution in [2.75, 3.05) is 6.54 Å². The largest absolute Gasteiger partial charge is 0.504 e. The summed E-state index contributed by atoms with van der Waals surface area (Å²) in [5.41, 5.74) is 0.463. The monoisotopic (exact) mass is 450 g/mol. The zero-order chi connectivity index (χ0) is 22.5. The third kappa shape index (κ3) is 5.92. The summed E-state index contributed by atoms with van der Waals surface area (Å²) in [6.45, 7) is 2.02. The number of amides is 2. The van der Waals surface area contributed by atoms with Crippen LogP contribution in [0.3, 0.4) is 0 Å². The average molecular weight is 451 g/mol. The Morgan fingerprint density at radius 1 is 1.13 bits per heavy atom. The molecule has 1 heterocycles. The molecule has 3 rings (SSSR count). The number of hydrogen-bond donors (Lipinski definition) is 4. The molecule has 1 saturated carbocycles. The lowest BCUT2D eigenvalue weighted by Gasteiger charge is -2.41. The van der Waals surface area contributed by atoms with Crippen LogP contribution in [-0.4, -0.2) is 67.1 Å². The average Bonchev–Trinajstić information content (AvgIpc) is 2.70. The van der Waals surface area contributed by atoms with Crippen molar-refractivity contribution < 1.29 is 29.7 Å². The van der Waals surface area contributed by atoms with E-state index in [2.05, 4.69) is 5.32 Å². The van der Waals surface area contributed by atoms with Gasteiger partial charge in [-0.05, 0) is 43.9 Å². The number of carbonyl (C=O) groups is 3. The Morgan fingerprint density at radius 2 is 1.84 bits per heavy atom. The van der Waals surface area contributed by atoms with Crippen molar-refractivity contribution in [3.8, 4) is 11.5 Å². The Bertz CT molecular complexity index is 826. The molecule has 1 aliphatic heterocycles. The molecule has 2 fully saturated rings. The molecular formula is C22H30N2O6S. The van der Waals surface area contributed by atoms with E-state index in [1.807, 2.05) is 0 Å². The van der Waals surface area contributed by atoms with Gasteiger partial charge < -0.3 is 25.5 Å². The number of carbonyl (C=O) groups excluding carboxylic acids is 3. The standard InChI is InChI=1S/C22H30N2O6S/c1-13(23-20(28)19(27)12-14-7-8-17(25)18(26)11-14)21(29)24-10-9-16(24)22(30)31-15-5-3-2-4-6-15/h7-8,11,13,15-16,19,25-27H,2-6,9-10,12H2,1H3,(H,23,28). The molecule has 0 bridgehead atoms. The van der Waals surface area contributed by atoms with Crippen LogP contribution >= 0.6 is 11.8 Å². The first-order valence-corrected chi connectivity index (χ1v) is 11.6. The van der Waals surface area contributed by atoms with Gasteiger partial charge in [-0.25, -0.2) is 0 Å². The minimum absolute atomic E-state index is 0.0252. The second-order valence-corrected chi connectivity index (χ2v) is 9.61. The number of nitrogens with one attached hydrogen (secondary N) is 1. The number of phenolic OH excluding ortho intramolecular Hbond substituents is 2. The molecule has 1 aromatic rings. The van der Waals surface area contributed by atoms with E-state index in [1.54, 1.807) is 0 Å². The zero-order valence-electron chi connectivity index (χ0n) is 17.6. The van der Waals surface area contributed by atoms with Gasteiger partial charge in [0.25, 0.3) is 0 Å². The molecule has 31 heavy (non-hydrogen) atoms. The van der Waals surface area contributed by atoms with Crippen LogP contribution in [0.15, 0.2) is 18.2 Å². The number of phenols is 2. The van der Waals surface area contributed by atoms with Gasteiger partial charge >= 0.3 is 0 Å². The SMILES string of the molecule is CC(NC(=O)C(O)Cc1ccc(O)c(O)c1)C(=O)N1CCC1C(=O)SC1CCCCC1. The van der Waals surface area contributed by atoms with Gasteiger partial charge in [0.05, 0.1) is 0 Å². The summed E-state index contributed by atoms with van der Waals surface area (Å²) in [5.74, 6) is -1.68. The van der Waals surface area contributed by atoms with E-state index in [0.29, 0.717) is 23.8 Å². The van der Waals surface area contributed by atoms with E-state index in [0.717, 1.165) is 25.7 Å². The quantitative estimate of drug-likeness (QED) is 0.466. The molecule has 2 amide bonds. The molecule has 1 aromatic carbocycles. The number of rotatable bonds is 7. The summed E-state index contributed by atoms with van der Waals surface area (Å²) in [4.78, 5) is 39.2. The Kier molecular flexibility index (Phi) is 7.83. The maximum atomic E-state index is 12.7. The Labute approximate surface area is 186 Å². The molecule has 4 N–H and O–H groups in total. The fourth-order valence-electron chi connectivity index (χ4n) is 3.95. The second kappa shape index (κ2) is 10.4. The minimum atomic E-state index is -1.42. The first-order valence-electron chi connectivity index (χ1n) is 10.8. The van der Waals surface area contributed by atoms with Crippen molar-refractivity contribution in [2.45, 2.75) is 75.3 Å². The summed E-state index contributed by atoms with van der Waals surface area (Å²) >= 11 is 1.36. The summed E-state index contributed by atoms with van der Waals surface area (Å²) in [6.07, 6.45) is 4.73. The van der Waals surface area contributed by atoms with Crippen molar-refractivity contribution in [2.24, 2.45) is 0 Å². The van der Waals surface area contributed by atoms with E-state index < -0.39 is 24.1 Å². The molecular weight excluding hydrogens is 420 g/mol. The molecule has 0 radical (unpaired) electrons. The predicted octanol–water partition coefficient (Wildman–Crippen LogP) is 1.70. The molecule has 8 nitrogen and oxygen atoms in total. The van der Waals surface area contributed by atoms with Crippen LogP contribution in [0.5, 0.6) is 11.5 Å². The van der Waals surface area contributed by atoms with Gasteiger partial charge in [0.1, 0.15) is 18.2 Å². The molecule has 3 atom stereocenters. The molecule has 3 unspecified atom stereocenters. The molecule has 9 heteroatoms. The van der Waals surface area contributed by atoms with Crippen molar-refractivity contribution in [1.29, 1.82) is 0 Å². The van der Waals surface area contributed by atoms with E-state index >= 15 is 0 Å². The number of nitrogens with zero attached hydrogens (tertiary/aromatic N) is 1. The number of thioether (sulfide) groups is 1. The molecule has 0 aromatic heterocycles. The fraction of sp³-hybridized carbons (Fsp3) is 0.591. The van der Waals surface area contributed by atoms with Gasteiger partial charge in [0, 0.05) is 18.2 Å². The zero-order valence-corrected chi connectivity index (χ0v) is 18.4. The fourth-order valence-corrected chi connectivity index (χ4v) is 5.25. The lowest BCUT2D eigenvalue weighted by Crippen LogP contribution is -2.60. The van der Waals surface area contributed by atoms with Crippen molar-refractivity contribution in [3.05, 3.63) is 23.8 Å². The van der Waals surface area contributed by atoms with E-state index in [4.69, 9.17) is 0 Å². The van der Waals surface area contributed by atoms with E-state index in [1.165, 1.54) is 48.2 Å². The highest BCUT2D eigenvalue weighted by atomic mass is 32.2. The summed E-state index contributed by atoms with van der Waals surface area (Å²) < 4.78 is 0. The van der Waals surface area contributed by atoms with Gasteiger partial charge in [0.2, 0.25) is 16.9 Å². The highest BCUT2D eigenvalue weighted by Gasteiger charge is 2.40. The van der Waals surface area contributed by atoms with Crippen LogP contribution in [0.2, 0.25) is 0 Å². The number of aliphatic hydroxyl groups is 1. The van der Waals surface area contributed by atoms with Gasteiger partial charge in [-0.1, -0.05) is 37.1 Å². The maximum absolute atomic E-state index is 12.7. The van der Waals surface area contributed by atoms with Crippen molar-refractivity contribution in [1.82, 2.24) is 10.2 Å². The highest BCUT2D eigenvalue weighted by molar-refractivity contribution is 8.14. The lowest BCUT2D eigenvalue weighted by molar-refractivity contribution is -0.146. The van der Waals surface area contributed by atoms with Crippen LogP contribution in [0.4, 0.5) is 0 Å². The van der Waals surface area contributed by atoms with Crippen LogP contribution < -0.4 is 5.32 Å². The topological polar surface area (TPSA) is 127 Å². The molecule has 0 spiro atoms. The highest BCUT2D eigenvalue weighted by Crippen LogP contribution is 2.33. The first kappa shape index (κ1) is 23.4. The first-order chi connectivity index (χ1) is 14.8. The Morgan fingerprint density at radius 3 is 2.45 bits per heavy atom. The minimum Gasteiger partial charge on any atom is -0.504 e. The smallest absolute Gasteiger partial charge is 0.249 e. The third-order valence-electron chi connectivity index (χ3n) is 5.91. The van der Waals surface area contributed by atoms with Crippen LogP contribution in [0.1, 0.15) is 51.0 Å². The van der Waals surface area contributed by atoms with Gasteiger partial charge in [-0.3, -0.25) is 14.4 Å². The normalized spacial score (nSPS) is 21.1. The van der Waals surface area contributed by atoms with Crippen molar-refractivity contribution in [3.63, 3.8) is 0 Å². The molecule has 170 valence electrons. The summed E-state index contributed by atoms with van der Waals surface area (Å²) in [5, 5.41) is 31.9. The summed E-state index contributed by atoms with van der Waals surface area (Å²) in [6, 6.07) is 2.71. The van der Waals surface area contributed by atoms with Crippen LogP contribution in [0.25, 0.3) is 0 Å². The molecule has 1 saturated heterocycles. The Hall–Kier alpha value is -2.26. The molecule has 2 aliphatic rings. The van der Waals surface area contributed by atoms with E-state index in [-0.39, 0.29) is 28.9 Å². The third-order valence-corrected chi connectivity index (χ3v) is 7.22. The second-order valence-electron chi connectivity index (χ2n) is 8.31. The number of aliphatic hydroxyl groups excluding tert-OH is 1. The van der Waals surface area contributed by atoms with Gasteiger partial charge in [-0.15, -0.1) is 0 Å². The summed E-state index contributed by atoms with van der Waals surface area (Å²) in [7, 11) is 0.